The lowest BCUT2D eigenvalue weighted by Crippen LogP contribution is -2.18. The largest absolute Gasteiger partial charge is 0.355 e. The molecule has 0 aliphatic rings. The number of para-hydroxylation sites is 1. The first-order valence-electron chi connectivity index (χ1n) is 6.31. The van der Waals surface area contributed by atoms with E-state index >= 15 is 0 Å². The van der Waals surface area contributed by atoms with E-state index in [-0.39, 0.29) is 6.04 Å². The van der Waals surface area contributed by atoms with Crippen LogP contribution in [0.2, 0.25) is 0 Å². The zero-order valence-corrected chi connectivity index (χ0v) is 10.9. The number of benzene rings is 1. The normalized spacial score (nSPS) is 11.5. The average Bonchev–Trinajstić information content (AvgIpc) is 2.46. The molecule has 1 N–H and O–H groups in total. The van der Waals surface area contributed by atoms with Gasteiger partial charge in [-0.05, 0) is 18.6 Å². The molecule has 0 aliphatic carbocycles. The van der Waals surface area contributed by atoms with Crippen molar-refractivity contribution in [2.24, 2.45) is 0 Å². The van der Waals surface area contributed by atoms with E-state index < -0.39 is 0 Å². The van der Waals surface area contributed by atoms with Crippen molar-refractivity contribution in [2.45, 2.75) is 25.8 Å². The Kier molecular flexibility index (Phi) is 4.00. The van der Waals surface area contributed by atoms with E-state index in [4.69, 9.17) is 6.42 Å². The number of terminal acetylenes is 1. The standard InChI is InChI=1S/C16H15N3/c1-3-7-14(4-2)18-16-13(11-17)10-12-8-5-6-9-15(12)19-16/h2,5-6,8-10,14H,3,7H2,1H3,(H,18,19). The van der Waals surface area contributed by atoms with Gasteiger partial charge in [-0.3, -0.25) is 0 Å². The van der Waals surface area contributed by atoms with Gasteiger partial charge in [0, 0.05) is 5.39 Å². The van der Waals surface area contributed by atoms with Crippen LogP contribution in [0.1, 0.15) is 25.3 Å². The fourth-order valence-electron chi connectivity index (χ4n) is 1.96. The van der Waals surface area contributed by atoms with Crippen LogP contribution in [0, 0.1) is 23.7 Å². The van der Waals surface area contributed by atoms with Gasteiger partial charge in [0.15, 0.2) is 0 Å². The highest BCUT2D eigenvalue weighted by atomic mass is 15.0. The minimum Gasteiger partial charge on any atom is -0.355 e. The highest BCUT2D eigenvalue weighted by molar-refractivity contribution is 5.82. The van der Waals surface area contributed by atoms with Crippen LogP contribution >= 0.6 is 0 Å². The Morgan fingerprint density at radius 1 is 1.42 bits per heavy atom. The summed E-state index contributed by atoms with van der Waals surface area (Å²) in [5, 5.41) is 13.3. The van der Waals surface area contributed by atoms with Gasteiger partial charge in [-0.1, -0.05) is 37.5 Å². The zero-order chi connectivity index (χ0) is 13.7. The third-order valence-corrected chi connectivity index (χ3v) is 2.93. The first-order chi connectivity index (χ1) is 9.28. The van der Waals surface area contributed by atoms with E-state index in [1.807, 2.05) is 30.3 Å². The number of rotatable bonds is 4. The molecule has 3 nitrogen and oxygen atoms in total. The predicted molar refractivity (Wildman–Crippen MR) is 77.6 cm³/mol. The summed E-state index contributed by atoms with van der Waals surface area (Å²) in [6.45, 7) is 2.07. The van der Waals surface area contributed by atoms with E-state index in [1.54, 1.807) is 0 Å². The van der Waals surface area contributed by atoms with Gasteiger partial charge < -0.3 is 5.32 Å². The average molecular weight is 249 g/mol. The van der Waals surface area contributed by atoms with E-state index in [2.05, 4.69) is 29.2 Å². The molecule has 0 bridgehead atoms. The van der Waals surface area contributed by atoms with Crippen molar-refractivity contribution in [3.8, 4) is 18.4 Å². The Morgan fingerprint density at radius 3 is 2.89 bits per heavy atom. The second-order valence-electron chi connectivity index (χ2n) is 4.34. The van der Waals surface area contributed by atoms with Crippen LogP contribution in [0.4, 0.5) is 5.82 Å². The van der Waals surface area contributed by atoms with Gasteiger partial charge in [0.25, 0.3) is 0 Å². The summed E-state index contributed by atoms with van der Waals surface area (Å²) >= 11 is 0. The van der Waals surface area contributed by atoms with Crippen molar-refractivity contribution in [3.05, 3.63) is 35.9 Å². The maximum atomic E-state index is 9.21. The third-order valence-electron chi connectivity index (χ3n) is 2.93. The lowest BCUT2D eigenvalue weighted by Gasteiger charge is -2.14. The Hall–Kier alpha value is -2.52. The van der Waals surface area contributed by atoms with Gasteiger partial charge in [-0.15, -0.1) is 6.42 Å². The Balaban J connectivity index is 2.42. The van der Waals surface area contributed by atoms with E-state index in [0.29, 0.717) is 11.4 Å². The van der Waals surface area contributed by atoms with Crippen LogP contribution in [-0.4, -0.2) is 11.0 Å². The molecule has 3 heteroatoms. The summed E-state index contributed by atoms with van der Waals surface area (Å²) in [7, 11) is 0. The van der Waals surface area contributed by atoms with Crippen molar-refractivity contribution in [1.82, 2.24) is 4.98 Å². The number of hydrogen-bond acceptors (Lipinski definition) is 3. The van der Waals surface area contributed by atoms with Gasteiger partial charge in [-0.2, -0.15) is 5.26 Å². The smallest absolute Gasteiger partial charge is 0.145 e. The molecule has 94 valence electrons. The quantitative estimate of drug-likeness (QED) is 0.845. The summed E-state index contributed by atoms with van der Waals surface area (Å²) in [4.78, 5) is 4.49. The molecule has 0 saturated heterocycles. The second-order valence-corrected chi connectivity index (χ2v) is 4.34. The Morgan fingerprint density at radius 2 is 2.21 bits per heavy atom. The van der Waals surface area contributed by atoms with Crippen LogP contribution in [-0.2, 0) is 0 Å². The number of nitriles is 1. The van der Waals surface area contributed by atoms with Gasteiger partial charge in [0.05, 0.1) is 17.1 Å². The fourth-order valence-corrected chi connectivity index (χ4v) is 1.96. The summed E-state index contributed by atoms with van der Waals surface area (Å²) in [6.07, 6.45) is 7.33. The molecule has 1 aromatic carbocycles. The summed E-state index contributed by atoms with van der Waals surface area (Å²) in [5.41, 5.74) is 1.38. The molecule has 0 aliphatic heterocycles. The molecule has 1 aromatic heterocycles. The van der Waals surface area contributed by atoms with Crippen molar-refractivity contribution < 1.29 is 0 Å². The third kappa shape index (κ3) is 2.84. The first-order valence-corrected chi connectivity index (χ1v) is 6.31. The number of hydrogen-bond donors (Lipinski definition) is 1. The lowest BCUT2D eigenvalue weighted by atomic mass is 10.1. The number of fused-ring (bicyclic) bond motifs is 1. The number of anilines is 1. The number of pyridine rings is 1. The van der Waals surface area contributed by atoms with Crippen LogP contribution in [0.25, 0.3) is 10.9 Å². The van der Waals surface area contributed by atoms with Gasteiger partial charge in [0.1, 0.15) is 11.9 Å². The van der Waals surface area contributed by atoms with Crippen LogP contribution in [0.3, 0.4) is 0 Å². The molecular weight excluding hydrogens is 234 g/mol. The van der Waals surface area contributed by atoms with E-state index in [0.717, 1.165) is 23.7 Å². The van der Waals surface area contributed by atoms with Crippen molar-refractivity contribution in [3.63, 3.8) is 0 Å². The Labute approximate surface area is 113 Å². The summed E-state index contributed by atoms with van der Waals surface area (Å²) < 4.78 is 0. The molecule has 1 unspecified atom stereocenters. The molecule has 0 amide bonds. The molecule has 1 heterocycles. The maximum absolute atomic E-state index is 9.21. The number of nitrogens with zero attached hydrogens (tertiary/aromatic N) is 2. The van der Waals surface area contributed by atoms with Gasteiger partial charge in [-0.25, -0.2) is 4.98 Å². The Bertz CT molecular complexity index is 662. The highest BCUT2D eigenvalue weighted by Crippen LogP contribution is 2.20. The summed E-state index contributed by atoms with van der Waals surface area (Å²) in [5.74, 6) is 3.26. The monoisotopic (exact) mass is 249 g/mol. The SMILES string of the molecule is C#CC(CCC)Nc1nc2ccccc2cc1C#N. The van der Waals surface area contributed by atoms with Crippen molar-refractivity contribution >= 4 is 16.7 Å². The predicted octanol–water partition coefficient (Wildman–Crippen LogP) is 3.32. The van der Waals surface area contributed by atoms with Crippen molar-refractivity contribution in [1.29, 1.82) is 5.26 Å². The molecule has 0 saturated carbocycles. The zero-order valence-electron chi connectivity index (χ0n) is 10.9. The van der Waals surface area contributed by atoms with Gasteiger partial charge in [0.2, 0.25) is 0 Å². The molecule has 19 heavy (non-hydrogen) atoms. The number of aromatic nitrogens is 1. The minimum absolute atomic E-state index is 0.0919. The van der Waals surface area contributed by atoms with E-state index in [9.17, 15) is 5.26 Å². The topological polar surface area (TPSA) is 48.7 Å². The minimum atomic E-state index is -0.0919. The lowest BCUT2D eigenvalue weighted by molar-refractivity contribution is 0.753. The molecule has 0 radical (unpaired) electrons. The van der Waals surface area contributed by atoms with Crippen LogP contribution in [0.5, 0.6) is 0 Å². The van der Waals surface area contributed by atoms with E-state index in [1.165, 1.54) is 0 Å². The van der Waals surface area contributed by atoms with Crippen LogP contribution < -0.4 is 5.32 Å². The molecule has 0 spiro atoms. The maximum Gasteiger partial charge on any atom is 0.145 e. The fraction of sp³-hybridized carbons (Fsp3) is 0.250. The molecular formula is C16H15N3. The first kappa shape index (κ1) is 12.9. The molecule has 2 aromatic rings. The molecule has 2 rings (SSSR count). The summed E-state index contributed by atoms with van der Waals surface area (Å²) in [6, 6.07) is 11.6. The molecule has 0 fully saturated rings. The second kappa shape index (κ2) is 5.89. The van der Waals surface area contributed by atoms with Crippen molar-refractivity contribution in [2.75, 3.05) is 5.32 Å². The van der Waals surface area contributed by atoms with Gasteiger partial charge >= 0.3 is 0 Å². The highest BCUT2D eigenvalue weighted by Gasteiger charge is 2.10. The molecule has 1 atom stereocenters. The number of nitrogens with one attached hydrogen (secondary N) is 1. The van der Waals surface area contributed by atoms with Crippen LogP contribution in [0.15, 0.2) is 30.3 Å².